The smallest absolute Gasteiger partial charge is 0.354 e. The van der Waals surface area contributed by atoms with E-state index in [1.165, 1.54) is 17.5 Å². The number of pyridine rings is 1. The first-order chi connectivity index (χ1) is 8.56. The molecule has 18 heavy (non-hydrogen) atoms. The van der Waals surface area contributed by atoms with E-state index < -0.39 is 5.97 Å². The van der Waals surface area contributed by atoms with Crippen molar-refractivity contribution in [1.82, 2.24) is 4.98 Å². The molecule has 0 aromatic carbocycles. The first-order valence-electron chi connectivity index (χ1n) is 5.21. The van der Waals surface area contributed by atoms with E-state index in [9.17, 15) is 4.79 Å². The fourth-order valence-corrected chi connectivity index (χ4v) is 2.68. The third kappa shape index (κ3) is 3.00. The molecule has 0 saturated carbocycles. The highest BCUT2D eigenvalue weighted by Gasteiger charge is 2.09. The number of thiophene rings is 1. The van der Waals surface area contributed by atoms with Crippen LogP contribution in [0.1, 0.15) is 15.4 Å². The van der Waals surface area contributed by atoms with E-state index in [1.54, 1.807) is 12.1 Å². The first kappa shape index (κ1) is 12.9. The molecular formula is C12H11ClN2O2S. The van der Waals surface area contributed by atoms with Gasteiger partial charge in [0.1, 0.15) is 5.69 Å². The van der Waals surface area contributed by atoms with Crippen LogP contribution in [0.5, 0.6) is 0 Å². The highest BCUT2D eigenvalue weighted by atomic mass is 35.5. The lowest BCUT2D eigenvalue weighted by atomic mass is 10.3. The normalized spacial score (nSPS) is 10.3. The Bertz CT molecular complexity index is 571. The van der Waals surface area contributed by atoms with Crippen LogP contribution in [-0.4, -0.2) is 23.1 Å². The molecule has 4 nitrogen and oxygen atoms in total. The highest BCUT2D eigenvalue weighted by Crippen LogP contribution is 2.24. The third-order valence-electron chi connectivity index (χ3n) is 2.43. The number of hydrogen-bond acceptors (Lipinski definition) is 4. The number of carbonyl (C=O) groups is 1. The summed E-state index contributed by atoms with van der Waals surface area (Å²) in [5.74, 6) is -1.02. The first-order valence-corrected chi connectivity index (χ1v) is 6.40. The Kier molecular flexibility index (Phi) is 3.84. The topological polar surface area (TPSA) is 53.4 Å². The number of carboxylic acid groups (broad SMARTS) is 1. The van der Waals surface area contributed by atoms with Gasteiger partial charge in [-0.25, -0.2) is 9.78 Å². The van der Waals surface area contributed by atoms with Gasteiger partial charge in [0.05, 0.1) is 10.9 Å². The van der Waals surface area contributed by atoms with Gasteiger partial charge in [0.2, 0.25) is 0 Å². The van der Waals surface area contributed by atoms with Crippen molar-refractivity contribution in [3.63, 3.8) is 0 Å². The second-order valence-electron chi connectivity index (χ2n) is 3.77. The minimum Gasteiger partial charge on any atom is -0.477 e. The Morgan fingerprint density at radius 2 is 2.28 bits per heavy atom. The number of halogens is 1. The van der Waals surface area contributed by atoms with E-state index in [-0.39, 0.29) is 5.69 Å². The van der Waals surface area contributed by atoms with E-state index in [2.05, 4.69) is 4.98 Å². The van der Waals surface area contributed by atoms with Crippen LogP contribution in [0.15, 0.2) is 30.5 Å². The minimum absolute atomic E-state index is 0.0450. The van der Waals surface area contributed by atoms with Crippen LogP contribution < -0.4 is 4.90 Å². The predicted octanol–water partition coefficient (Wildman–Crippen LogP) is 3.13. The molecule has 0 fully saturated rings. The molecule has 0 amide bonds. The fourth-order valence-electron chi connectivity index (χ4n) is 1.54. The largest absolute Gasteiger partial charge is 0.477 e. The number of carboxylic acids is 1. The van der Waals surface area contributed by atoms with Crippen molar-refractivity contribution in [3.8, 4) is 0 Å². The van der Waals surface area contributed by atoms with Gasteiger partial charge in [0.25, 0.3) is 0 Å². The van der Waals surface area contributed by atoms with Crippen molar-refractivity contribution in [2.24, 2.45) is 0 Å². The van der Waals surface area contributed by atoms with Crippen molar-refractivity contribution in [1.29, 1.82) is 0 Å². The average molecular weight is 283 g/mol. The van der Waals surface area contributed by atoms with Crippen LogP contribution in [-0.2, 0) is 6.54 Å². The Morgan fingerprint density at radius 1 is 1.50 bits per heavy atom. The van der Waals surface area contributed by atoms with E-state index in [0.717, 1.165) is 14.9 Å². The van der Waals surface area contributed by atoms with Crippen molar-refractivity contribution < 1.29 is 9.90 Å². The second kappa shape index (κ2) is 5.37. The summed E-state index contributed by atoms with van der Waals surface area (Å²) < 4.78 is 0.749. The maximum absolute atomic E-state index is 10.8. The molecule has 0 spiro atoms. The summed E-state index contributed by atoms with van der Waals surface area (Å²) in [6, 6.07) is 7.15. The molecule has 0 aliphatic carbocycles. The van der Waals surface area contributed by atoms with Crippen LogP contribution >= 0.6 is 22.9 Å². The Balaban J connectivity index is 2.15. The summed E-state index contributed by atoms with van der Waals surface area (Å²) in [5, 5.41) is 8.89. The lowest BCUT2D eigenvalue weighted by molar-refractivity contribution is 0.0690. The number of hydrogen-bond donors (Lipinski definition) is 1. The Morgan fingerprint density at radius 3 is 2.89 bits per heavy atom. The quantitative estimate of drug-likeness (QED) is 0.936. The predicted molar refractivity (Wildman–Crippen MR) is 72.6 cm³/mol. The van der Waals surface area contributed by atoms with Gasteiger partial charge < -0.3 is 10.0 Å². The minimum atomic E-state index is -1.02. The summed E-state index contributed by atoms with van der Waals surface area (Å²) in [5.41, 5.74) is 0.857. The van der Waals surface area contributed by atoms with Crippen LogP contribution in [0, 0.1) is 0 Å². The number of aromatic nitrogens is 1. The molecule has 2 aromatic rings. The molecule has 0 saturated heterocycles. The van der Waals surface area contributed by atoms with Crippen molar-refractivity contribution >= 4 is 34.6 Å². The SMILES string of the molecule is CN(Cc1ccc(Cl)s1)c1ccnc(C(=O)O)c1. The number of nitrogens with zero attached hydrogens (tertiary/aromatic N) is 2. The standard InChI is InChI=1S/C12H11ClN2O2S/c1-15(7-9-2-3-11(13)18-9)8-4-5-14-10(6-8)12(16)17/h2-6H,7H2,1H3,(H,16,17). The number of anilines is 1. The maximum atomic E-state index is 10.8. The van der Waals surface area contributed by atoms with E-state index in [1.807, 2.05) is 24.1 Å². The molecule has 0 aliphatic heterocycles. The van der Waals surface area contributed by atoms with Crippen LogP contribution in [0.25, 0.3) is 0 Å². The van der Waals surface area contributed by atoms with Crippen LogP contribution in [0.3, 0.4) is 0 Å². The molecule has 2 rings (SSSR count). The van der Waals surface area contributed by atoms with Gasteiger partial charge in [-0.05, 0) is 24.3 Å². The molecule has 2 aromatic heterocycles. The Labute approximate surface area is 113 Å². The summed E-state index contributed by atoms with van der Waals surface area (Å²) in [6.07, 6.45) is 1.50. The summed E-state index contributed by atoms with van der Waals surface area (Å²) >= 11 is 7.38. The molecule has 2 heterocycles. The molecule has 0 aliphatic rings. The summed E-state index contributed by atoms with van der Waals surface area (Å²) in [6.45, 7) is 0.681. The highest BCUT2D eigenvalue weighted by molar-refractivity contribution is 7.16. The van der Waals surface area contributed by atoms with Gasteiger partial charge in [-0.15, -0.1) is 11.3 Å². The molecule has 0 unspecified atom stereocenters. The van der Waals surface area contributed by atoms with E-state index >= 15 is 0 Å². The van der Waals surface area contributed by atoms with Gasteiger partial charge in [0, 0.05) is 23.8 Å². The monoisotopic (exact) mass is 282 g/mol. The second-order valence-corrected chi connectivity index (χ2v) is 5.57. The van der Waals surface area contributed by atoms with Gasteiger partial charge in [-0.1, -0.05) is 11.6 Å². The molecule has 0 radical (unpaired) electrons. The lowest BCUT2D eigenvalue weighted by Crippen LogP contribution is -2.16. The molecule has 94 valence electrons. The average Bonchev–Trinajstić information content (AvgIpc) is 2.75. The molecular weight excluding hydrogens is 272 g/mol. The van der Waals surface area contributed by atoms with Crippen LogP contribution in [0.2, 0.25) is 4.34 Å². The van der Waals surface area contributed by atoms with Gasteiger partial charge >= 0.3 is 5.97 Å². The molecule has 0 atom stereocenters. The van der Waals surface area contributed by atoms with Crippen LogP contribution in [0.4, 0.5) is 5.69 Å². The van der Waals surface area contributed by atoms with E-state index in [4.69, 9.17) is 16.7 Å². The zero-order valence-corrected chi connectivity index (χ0v) is 11.2. The van der Waals surface area contributed by atoms with Crippen molar-refractivity contribution in [2.45, 2.75) is 6.54 Å². The van der Waals surface area contributed by atoms with Crippen molar-refractivity contribution in [3.05, 3.63) is 45.4 Å². The van der Waals surface area contributed by atoms with Gasteiger partial charge in [0.15, 0.2) is 0 Å². The zero-order chi connectivity index (χ0) is 13.1. The summed E-state index contributed by atoms with van der Waals surface area (Å²) in [4.78, 5) is 17.7. The zero-order valence-electron chi connectivity index (χ0n) is 9.63. The fraction of sp³-hybridized carbons (Fsp3) is 0.167. The van der Waals surface area contributed by atoms with E-state index in [0.29, 0.717) is 6.54 Å². The third-order valence-corrected chi connectivity index (χ3v) is 3.64. The lowest BCUT2D eigenvalue weighted by Gasteiger charge is -2.18. The Hall–Kier alpha value is -1.59. The number of aromatic carboxylic acids is 1. The molecule has 1 N–H and O–H groups in total. The maximum Gasteiger partial charge on any atom is 0.354 e. The molecule has 6 heteroatoms. The molecule has 0 bridgehead atoms. The van der Waals surface area contributed by atoms with Gasteiger partial charge in [-0.2, -0.15) is 0 Å². The summed E-state index contributed by atoms with van der Waals surface area (Å²) in [7, 11) is 1.90. The van der Waals surface area contributed by atoms with Crippen molar-refractivity contribution in [2.75, 3.05) is 11.9 Å². The van der Waals surface area contributed by atoms with Gasteiger partial charge in [-0.3, -0.25) is 0 Å². The number of rotatable bonds is 4.